The first kappa shape index (κ1) is 14.4. The molecule has 4 nitrogen and oxygen atoms in total. The van der Waals surface area contributed by atoms with Gasteiger partial charge in [-0.3, -0.25) is 4.79 Å². The van der Waals surface area contributed by atoms with E-state index < -0.39 is 5.41 Å². The molecule has 2 rings (SSSR count). The first-order chi connectivity index (χ1) is 9.06. The molecule has 0 saturated heterocycles. The molecule has 3 N–H and O–H groups in total. The number of nitrogens with zero attached hydrogens (tertiary/aromatic N) is 1. The maximum Gasteiger partial charge on any atom is 0.233 e. The smallest absolute Gasteiger partial charge is 0.233 e. The molecule has 0 bridgehead atoms. The molecule has 1 saturated carbocycles. The fraction of sp³-hybridized carbons (Fsp3) is 0.615. The summed E-state index contributed by atoms with van der Waals surface area (Å²) >= 11 is 6.70. The number of thiocarbonyl (C=S) groups is 1. The molecule has 1 fully saturated rings. The second kappa shape index (κ2) is 5.96. The largest absolute Gasteiger partial charge is 0.392 e. The molecule has 1 aliphatic carbocycles. The molecule has 0 aromatic carbocycles. The van der Waals surface area contributed by atoms with E-state index in [1.165, 1.54) is 11.3 Å². The first-order valence-corrected chi connectivity index (χ1v) is 7.85. The average molecular weight is 297 g/mol. The van der Waals surface area contributed by atoms with Gasteiger partial charge in [-0.05, 0) is 19.8 Å². The van der Waals surface area contributed by atoms with Crippen molar-refractivity contribution < 1.29 is 4.79 Å². The minimum Gasteiger partial charge on any atom is -0.392 e. The van der Waals surface area contributed by atoms with Gasteiger partial charge in [-0.2, -0.15) is 0 Å². The Kier molecular flexibility index (Phi) is 4.52. The van der Waals surface area contributed by atoms with Crippen LogP contribution in [0.25, 0.3) is 0 Å². The molecule has 1 unspecified atom stereocenters. The first-order valence-electron chi connectivity index (χ1n) is 6.56. The van der Waals surface area contributed by atoms with Crippen LogP contribution >= 0.6 is 23.6 Å². The quantitative estimate of drug-likeness (QED) is 0.838. The van der Waals surface area contributed by atoms with Gasteiger partial charge in [-0.25, -0.2) is 4.98 Å². The van der Waals surface area contributed by atoms with Crippen molar-refractivity contribution in [2.24, 2.45) is 11.1 Å². The molecule has 1 aromatic rings. The molecule has 1 atom stereocenters. The maximum absolute atomic E-state index is 12.6. The molecule has 0 spiro atoms. The summed E-state index contributed by atoms with van der Waals surface area (Å²) in [5.74, 6) is -0.0394. The lowest BCUT2D eigenvalue weighted by Crippen LogP contribution is -2.50. The van der Waals surface area contributed by atoms with Gasteiger partial charge in [-0.15, -0.1) is 11.3 Å². The average Bonchev–Trinajstić information content (AvgIpc) is 2.93. The standard InChI is InChI=1S/C13H19N3OS2/c1-9(10-15-7-8-19-10)16-12(17)13(11(14)18)5-3-2-4-6-13/h7-9H,2-6H2,1H3,(H2,14,18)(H,16,17). The van der Waals surface area contributed by atoms with Crippen molar-refractivity contribution in [3.63, 3.8) is 0 Å². The van der Waals surface area contributed by atoms with Crippen molar-refractivity contribution in [2.45, 2.75) is 45.1 Å². The Balaban J connectivity index is 2.10. The van der Waals surface area contributed by atoms with E-state index in [0.717, 1.165) is 37.1 Å². The number of hydrogen-bond donors (Lipinski definition) is 2. The third-order valence-electron chi connectivity index (χ3n) is 3.78. The lowest BCUT2D eigenvalue weighted by Gasteiger charge is -2.35. The number of thiazole rings is 1. The van der Waals surface area contributed by atoms with Crippen molar-refractivity contribution in [1.29, 1.82) is 0 Å². The highest BCUT2D eigenvalue weighted by molar-refractivity contribution is 7.80. The highest BCUT2D eigenvalue weighted by atomic mass is 32.1. The molecule has 0 aliphatic heterocycles. The molecule has 1 heterocycles. The van der Waals surface area contributed by atoms with Gasteiger partial charge in [0.15, 0.2) is 0 Å². The van der Waals surface area contributed by atoms with E-state index in [1.54, 1.807) is 6.20 Å². The second-order valence-corrected chi connectivity index (χ2v) is 6.44. The summed E-state index contributed by atoms with van der Waals surface area (Å²) in [6.45, 7) is 1.94. The number of aromatic nitrogens is 1. The Hall–Kier alpha value is -1.01. The van der Waals surface area contributed by atoms with Crippen LogP contribution in [0.2, 0.25) is 0 Å². The zero-order chi connectivity index (χ0) is 13.9. The molecule has 19 heavy (non-hydrogen) atoms. The van der Waals surface area contributed by atoms with Crippen molar-refractivity contribution in [3.05, 3.63) is 16.6 Å². The zero-order valence-corrected chi connectivity index (χ0v) is 12.6. The van der Waals surface area contributed by atoms with E-state index in [0.29, 0.717) is 4.99 Å². The fourth-order valence-electron chi connectivity index (χ4n) is 2.59. The minimum absolute atomic E-state index is 0.0394. The van der Waals surface area contributed by atoms with Crippen molar-refractivity contribution >= 4 is 34.5 Å². The highest BCUT2D eigenvalue weighted by Crippen LogP contribution is 2.37. The molecule has 6 heteroatoms. The van der Waals surface area contributed by atoms with E-state index in [1.807, 2.05) is 12.3 Å². The van der Waals surface area contributed by atoms with Crippen LogP contribution in [0.5, 0.6) is 0 Å². The summed E-state index contributed by atoms with van der Waals surface area (Å²) in [5, 5.41) is 5.83. The van der Waals surface area contributed by atoms with Gasteiger partial charge in [0.25, 0.3) is 0 Å². The van der Waals surface area contributed by atoms with Gasteiger partial charge in [-0.1, -0.05) is 31.5 Å². The van der Waals surface area contributed by atoms with E-state index in [4.69, 9.17) is 18.0 Å². The van der Waals surface area contributed by atoms with E-state index in [-0.39, 0.29) is 11.9 Å². The number of rotatable bonds is 4. The number of carbonyl (C=O) groups excluding carboxylic acids is 1. The van der Waals surface area contributed by atoms with Crippen molar-refractivity contribution in [3.8, 4) is 0 Å². The number of carbonyl (C=O) groups is 1. The van der Waals surface area contributed by atoms with Gasteiger partial charge in [0.2, 0.25) is 5.91 Å². The summed E-state index contributed by atoms with van der Waals surface area (Å²) in [6, 6.07) is -0.0966. The van der Waals surface area contributed by atoms with Gasteiger partial charge >= 0.3 is 0 Å². The van der Waals surface area contributed by atoms with Gasteiger partial charge in [0, 0.05) is 11.6 Å². The molecule has 104 valence electrons. The van der Waals surface area contributed by atoms with Crippen molar-refractivity contribution in [1.82, 2.24) is 10.3 Å². The summed E-state index contributed by atoms with van der Waals surface area (Å²) < 4.78 is 0. The maximum atomic E-state index is 12.6. The number of hydrogen-bond acceptors (Lipinski definition) is 4. The second-order valence-electron chi connectivity index (χ2n) is 5.07. The molecular weight excluding hydrogens is 278 g/mol. The Morgan fingerprint density at radius 3 is 2.74 bits per heavy atom. The third-order valence-corrected chi connectivity index (χ3v) is 5.13. The third kappa shape index (κ3) is 2.95. The van der Waals surface area contributed by atoms with Crippen LogP contribution in [0.15, 0.2) is 11.6 Å². The monoisotopic (exact) mass is 297 g/mol. The Labute approximate surface area is 122 Å². The molecular formula is C13H19N3OS2. The van der Waals surface area contributed by atoms with Crippen LogP contribution in [-0.4, -0.2) is 15.9 Å². The van der Waals surface area contributed by atoms with Crippen LogP contribution in [0.4, 0.5) is 0 Å². The van der Waals surface area contributed by atoms with Crippen LogP contribution in [0.3, 0.4) is 0 Å². The normalized spacial score (nSPS) is 19.6. The number of amides is 1. The predicted molar refractivity (Wildman–Crippen MR) is 81.0 cm³/mol. The van der Waals surface area contributed by atoms with Gasteiger partial charge in [0.05, 0.1) is 16.4 Å². The predicted octanol–water partition coefficient (Wildman–Crippen LogP) is 2.56. The number of nitrogens with two attached hydrogens (primary N) is 1. The van der Waals surface area contributed by atoms with Crippen LogP contribution in [0, 0.1) is 5.41 Å². The summed E-state index contributed by atoms with van der Waals surface area (Å²) in [6.07, 6.45) is 6.44. The van der Waals surface area contributed by atoms with E-state index >= 15 is 0 Å². The highest BCUT2D eigenvalue weighted by Gasteiger charge is 2.42. The van der Waals surface area contributed by atoms with Crippen LogP contribution in [-0.2, 0) is 4.79 Å². The number of nitrogens with one attached hydrogen (secondary N) is 1. The summed E-state index contributed by atoms with van der Waals surface area (Å²) in [5.41, 5.74) is 5.20. The lowest BCUT2D eigenvalue weighted by molar-refractivity contribution is -0.129. The fourth-order valence-corrected chi connectivity index (χ4v) is 3.53. The van der Waals surface area contributed by atoms with E-state index in [2.05, 4.69) is 10.3 Å². The Bertz CT molecular complexity index is 452. The van der Waals surface area contributed by atoms with Gasteiger partial charge in [0.1, 0.15) is 5.01 Å². The van der Waals surface area contributed by atoms with Crippen LogP contribution in [0.1, 0.15) is 50.1 Å². The Morgan fingerprint density at radius 2 is 2.21 bits per heavy atom. The molecule has 1 amide bonds. The molecule has 1 aromatic heterocycles. The summed E-state index contributed by atoms with van der Waals surface area (Å²) in [4.78, 5) is 17.1. The molecule has 1 aliphatic rings. The lowest BCUT2D eigenvalue weighted by atomic mass is 9.73. The summed E-state index contributed by atoms with van der Waals surface area (Å²) in [7, 11) is 0. The topological polar surface area (TPSA) is 68.0 Å². The minimum atomic E-state index is -0.654. The van der Waals surface area contributed by atoms with Gasteiger partial charge < -0.3 is 11.1 Å². The van der Waals surface area contributed by atoms with E-state index in [9.17, 15) is 4.79 Å². The van der Waals surface area contributed by atoms with Crippen molar-refractivity contribution in [2.75, 3.05) is 0 Å². The Morgan fingerprint density at radius 1 is 1.53 bits per heavy atom. The zero-order valence-electron chi connectivity index (χ0n) is 11.0. The van der Waals surface area contributed by atoms with Crippen LogP contribution < -0.4 is 11.1 Å². The SMILES string of the molecule is CC(NC(=O)C1(C(N)=S)CCCCC1)c1nccs1. The molecule has 0 radical (unpaired) electrons.